The largest absolute Gasteiger partial charge is 0.463 e. The van der Waals surface area contributed by atoms with E-state index >= 15 is 0 Å². The molecule has 0 aliphatic rings. The molecule has 0 aromatic heterocycles. The zero-order chi connectivity index (χ0) is 44.2. The molecule has 0 N–H and O–H groups in total. The topological polar surface area (TPSA) is 76.2 Å². The highest BCUT2D eigenvalue weighted by Gasteiger charge is 2.30. The van der Waals surface area contributed by atoms with Gasteiger partial charge in [0, 0.05) is 25.3 Å². The van der Waals surface area contributed by atoms with Crippen molar-refractivity contribution >= 4 is 17.8 Å². The molecular formula is C53H96N2O5. The summed E-state index contributed by atoms with van der Waals surface area (Å²) in [4.78, 5) is 44.1. The van der Waals surface area contributed by atoms with Gasteiger partial charge in [0.15, 0.2) is 0 Å². The summed E-state index contributed by atoms with van der Waals surface area (Å²) >= 11 is 0. The summed E-state index contributed by atoms with van der Waals surface area (Å²) in [7, 11) is 4.07. The van der Waals surface area contributed by atoms with Crippen LogP contribution in [0.2, 0.25) is 0 Å². The van der Waals surface area contributed by atoms with Crippen molar-refractivity contribution in [3.63, 3.8) is 0 Å². The highest BCUT2D eigenvalue weighted by Crippen LogP contribution is 2.20. The summed E-state index contributed by atoms with van der Waals surface area (Å²) in [5, 5.41) is 0. The number of esters is 2. The fourth-order valence-electron chi connectivity index (χ4n) is 7.32. The molecule has 7 nitrogen and oxygen atoms in total. The first kappa shape index (κ1) is 57.3. The van der Waals surface area contributed by atoms with Crippen LogP contribution in [0.5, 0.6) is 0 Å². The summed E-state index contributed by atoms with van der Waals surface area (Å²) in [6.07, 6.45) is 49.5. The molecule has 0 heterocycles. The number of hydrogen-bond acceptors (Lipinski definition) is 6. The van der Waals surface area contributed by atoms with E-state index in [2.05, 4.69) is 81.2 Å². The highest BCUT2D eigenvalue weighted by atomic mass is 16.5. The smallest absolute Gasteiger partial charge is 0.305 e. The van der Waals surface area contributed by atoms with E-state index in [0.717, 1.165) is 122 Å². The van der Waals surface area contributed by atoms with Gasteiger partial charge in [0.25, 0.3) is 0 Å². The maximum Gasteiger partial charge on any atom is 0.305 e. The quantitative estimate of drug-likeness (QED) is 0.0346. The average molecular weight is 841 g/mol. The summed E-state index contributed by atoms with van der Waals surface area (Å²) in [6.45, 7) is 10.2. The Morgan fingerprint density at radius 1 is 0.467 bits per heavy atom. The van der Waals surface area contributed by atoms with Gasteiger partial charge >= 0.3 is 11.9 Å². The Balaban J connectivity index is 5.00. The molecule has 0 aromatic carbocycles. The van der Waals surface area contributed by atoms with Crippen molar-refractivity contribution in [3.05, 3.63) is 48.6 Å². The number of nitrogens with zero attached hydrogens (tertiary/aromatic N) is 2. The molecule has 0 saturated carbocycles. The fraction of sp³-hybridized carbons (Fsp3) is 0.792. The predicted octanol–water partition coefficient (Wildman–Crippen LogP) is 14.5. The van der Waals surface area contributed by atoms with Crippen LogP contribution in [0, 0.1) is 5.92 Å². The second-order valence-electron chi connectivity index (χ2n) is 17.3. The van der Waals surface area contributed by atoms with Crippen LogP contribution in [0.4, 0.5) is 0 Å². The second-order valence-corrected chi connectivity index (χ2v) is 17.3. The number of hydrogen-bond donors (Lipinski definition) is 0. The van der Waals surface area contributed by atoms with Crippen molar-refractivity contribution < 1.29 is 23.9 Å². The third-order valence-corrected chi connectivity index (χ3v) is 11.3. The molecule has 0 spiro atoms. The number of carbonyl (C=O) groups is 3. The van der Waals surface area contributed by atoms with Crippen LogP contribution in [-0.2, 0) is 23.9 Å². The molecule has 348 valence electrons. The number of ether oxygens (including phenoxy) is 2. The van der Waals surface area contributed by atoms with Gasteiger partial charge in [-0.25, -0.2) is 0 Å². The minimum Gasteiger partial charge on any atom is -0.463 e. The van der Waals surface area contributed by atoms with E-state index in [-0.39, 0.29) is 37.0 Å². The molecule has 0 aliphatic heterocycles. The van der Waals surface area contributed by atoms with Gasteiger partial charge in [-0.2, -0.15) is 0 Å². The van der Waals surface area contributed by atoms with E-state index in [1.807, 2.05) is 19.0 Å². The lowest BCUT2D eigenvalue weighted by Gasteiger charge is -2.34. The van der Waals surface area contributed by atoms with E-state index in [1.54, 1.807) is 0 Å². The molecule has 0 rings (SSSR count). The summed E-state index contributed by atoms with van der Waals surface area (Å²) in [5.74, 6) is -0.479. The third-order valence-electron chi connectivity index (χ3n) is 11.3. The van der Waals surface area contributed by atoms with Crippen LogP contribution in [0.1, 0.15) is 220 Å². The molecule has 1 atom stereocenters. The monoisotopic (exact) mass is 841 g/mol. The van der Waals surface area contributed by atoms with Crippen LogP contribution < -0.4 is 0 Å². The Kier molecular flexibility index (Phi) is 42.4. The Hall–Kier alpha value is -2.67. The fourth-order valence-corrected chi connectivity index (χ4v) is 7.32. The summed E-state index contributed by atoms with van der Waals surface area (Å²) in [6, 6.07) is -0.498. The first-order valence-electron chi connectivity index (χ1n) is 25.2. The zero-order valence-electron chi connectivity index (χ0n) is 40.3. The van der Waals surface area contributed by atoms with Gasteiger partial charge in [-0.1, -0.05) is 160 Å². The standard InChI is InChI=1S/C53H96N2O5/c1-7-11-14-16-18-20-22-24-26-28-30-32-34-36-39-43-51(56)59-47-50(55(46-41-45-54(5)6)53(58)49(10-4)42-38-13-9-3)48-60-52(57)44-40-37-35-33-31-29-27-25-23-21-19-17-15-12-8-2/h18-21,24-27,49-50H,7-17,22-23,28-48H2,1-6H3/b20-18-,21-19-,26-24-,27-25-. The average Bonchev–Trinajstić information content (AvgIpc) is 3.24. The molecule has 0 aliphatic carbocycles. The van der Waals surface area contributed by atoms with Gasteiger partial charge < -0.3 is 19.3 Å². The molecule has 1 unspecified atom stereocenters. The van der Waals surface area contributed by atoms with Crippen LogP contribution in [0.25, 0.3) is 0 Å². The maximum absolute atomic E-state index is 14.1. The Bertz CT molecular complexity index is 1050. The third kappa shape index (κ3) is 37.1. The minimum absolute atomic E-state index is 0.0508. The Labute approximate surface area is 371 Å². The first-order chi connectivity index (χ1) is 29.3. The number of unbranched alkanes of at least 4 members (excludes halogenated alkanes) is 18. The lowest BCUT2D eigenvalue weighted by molar-refractivity contribution is -0.156. The van der Waals surface area contributed by atoms with Crippen molar-refractivity contribution in [1.29, 1.82) is 0 Å². The van der Waals surface area contributed by atoms with Crippen molar-refractivity contribution in [2.45, 2.75) is 226 Å². The SMILES string of the molecule is CCCCC/C=C\C/C=C\CCCCCCCC(=O)OCC(COC(=O)CCCCCCC/C=C\C/C=C\CCCCC)N(CCCN(C)C)C(=O)C(CC)CCCCC. The summed E-state index contributed by atoms with van der Waals surface area (Å²) < 4.78 is 11.7. The van der Waals surface area contributed by atoms with Gasteiger partial charge in [-0.3, -0.25) is 14.4 Å². The summed E-state index contributed by atoms with van der Waals surface area (Å²) in [5.41, 5.74) is 0. The molecule has 0 saturated heterocycles. The van der Waals surface area contributed by atoms with E-state index in [0.29, 0.717) is 19.4 Å². The van der Waals surface area contributed by atoms with E-state index < -0.39 is 6.04 Å². The molecule has 0 bridgehead atoms. The van der Waals surface area contributed by atoms with Crippen molar-refractivity contribution in [2.75, 3.05) is 40.4 Å². The molecule has 1 amide bonds. The van der Waals surface area contributed by atoms with Crippen LogP contribution in [0.15, 0.2) is 48.6 Å². The molecule has 0 aromatic rings. The van der Waals surface area contributed by atoms with Gasteiger partial charge in [0.05, 0.1) is 6.04 Å². The van der Waals surface area contributed by atoms with Crippen LogP contribution in [-0.4, -0.2) is 74.1 Å². The second kappa shape index (κ2) is 44.4. The normalized spacial score (nSPS) is 12.6. The van der Waals surface area contributed by atoms with Crippen molar-refractivity contribution in [1.82, 2.24) is 9.80 Å². The van der Waals surface area contributed by atoms with Crippen molar-refractivity contribution in [3.8, 4) is 0 Å². The van der Waals surface area contributed by atoms with Crippen LogP contribution >= 0.6 is 0 Å². The van der Waals surface area contributed by atoms with E-state index in [4.69, 9.17) is 9.47 Å². The number of rotatable bonds is 43. The zero-order valence-corrected chi connectivity index (χ0v) is 40.3. The lowest BCUT2D eigenvalue weighted by Crippen LogP contribution is -2.49. The first-order valence-corrected chi connectivity index (χ1v) is 25.2. The van der Waals surface area contributed by atoms with Gasteiger partial charge in [0.1, 0.15) is 13.2 Å². The minimum atomic E-state index is -0.498. The van der Waals surface area contributed by atoms with Gasteiger partial charge in [0.2, 0.25) is 5.91 Å². The predicted molar refractivity (Wildman–Crippen MR) is 257 cm³/mol. The maximum atomic E-state index is 14.1. The molecular weight excluding hydrogens is 745 g/mol. The Morgan fingerprint density at radius 2 is 0.867 bits per heavy atom. The highest BCUT2D eigenvalue weighted by molar-refractivity contribution is 5.79. The van der Waals surface area contributed by atoms with E-state index in [1.165, 1.54) is 64.2 Å². The van der Waals surface area contributed by atoms with Crippen LogP contribution in [0.3, 0.4) is 0 Å². The molecule has 60 heavy (non-hydrogen) atoms. The van der Waals surface area contributed by atoms with Gasteiger partial charge in [-0.05, 0) is 117 Å². The number of amides is 1. The lowest BCUT2D eigenvalue weighted by atomic mass is 9.96. The number of allylic oxidation sites excluding steroid dienone is 8. The Morgan fingerprint density at radius 3 is 1.28 bits per heavy atom. The molecule has 0 radical (unpaired) electrons. The van der Waals surface area contributed by atoms with Crippen molar-refractivity contribution in [2.24, 2.45) is 5.92 Å². The molecule has 7 heteroatoms. The van der Waals surface area contributed by atoms with E-state index in [9.17, 15) is 14.4 Å². The van der Waals surface area contributed by atoms with Gasteiger partial charge in [-0.15, -0.1) is 0 Å². The molecule has 0 fully saturated rings. The number of carbonyl (C=O) groups excluding carboxylic acids is 3.